The Morgan fingerprint density at radius 2 is 1.88 bits per heavy atom. The molecule has 1 aromatic carbocycles. The SMILES string of the molecule is Cc1ccc(C(CC(=O)OC(C)C)NC(=O)C2CC23CCNCC3)cc1. The van der Waals surface area contributed by atoms with Crippen molar-refractivity contribution in [1.82, 2.24) is 10.6 Å². The predicted octanol–water partition coefficient (Wildman–Crippen LogP) is 2.88. The molecule has 3 rings (SSSR count). The maximum absolute atomic E-state index is 12.8. The van der Waals surface area contributed by atoms with Gasteiger partial charge in [-0.1, -0.05) is 29.8 Å². The summed E-state index contributed by atoms with van der Waals surface area (Å²) in [6, 6.07) is 7.64. The molecule has 1 spiro atoms. The van der Waals surface area contributed by atoms with E-state index in [1.165, 1.54) is 0 Å². The molecule has 1 amide bonds. The maximum atomic E-state index is 12.8. The summed E-state index contributed by atoms with van der Waals surface area (Å²) in [5, 5.41) is 6.49. The fourth-order valence-electron chi connectivity index (χ4n) is 4.00. The van der Waals surface area contributed by atoms with Crippen molar-refractivity contribution in [3.63, 3.8) is 0 Å². The van der Waals surface area contributed by atoms with Crippen LogP contribution >= 0.6 is 0 Å². The van der Waals surface area contributed by atoms with Crippen LogP contribution in [0.1, 0.15) is 56.7 Å². The number of carbonyl (C=O) groups is 2. The summed E-state index contributed by atoms with van der Waals surface area (Å²) in [5.41, 5.74) is 2.29. The van der Waals surface area contributed by atoms with Gasteiger partial charge in [-0.3, -0.25) is 9.59 Å². The lowest BCUT2D eigenvalue weighted by atomic mass is 9.91. The summed E-state index contributed by atoms with van der Waals surface area (Å²) in [6.07, 6.45) is 3.11. The van der Waals surface area contributed by atoms with Gasteiger partial charge in [-0.25, -0.2) is 0 Å². The average molecular weight is 358 g/mol. The third kappa shape index (κ3) is 4.44. The average Bonchev–Trinajstić information content (AvgIpc) is 3.28. The van der Waals surface area contributed by atoms with E-state index in [1.807, 2.05) is 45.0 Å². The summed E-state index contributed by atoms with van der Waals surface area (Å²) in [4.78, 5) is 25.0. The molecule has 0 radical (unpaired) electrons. The Kier molecular flexibility index (Phi) is 5.66. The minimum atomic E-state index is -0.339. The molecule has 142 valence electrons. The standard InChI is InChI=1S/C21H30N2O3/c1-14(2)26-19(24)12-18(16-6-4-15(3)5-7-16)23-20(25)17-13-21(17)8-10-22-11-9-21/h4-7,14,17-18,22H,8-13H2,1-3H3,(H,23,25). The molecule has 1 saturated carbocycles. The number of nitrogens with one attached hydrogen (secondary N) is 2. The highest BCUT2D eigenvalue weighted by molar-refractivity contribution is 5.83. The number of amides is 1. The lowest BCUT2D eigenvalue weighted by Crippen LogP contribution is -2.36. The van der Waals surface area contributed by atoms with E-state index in [9.17, 15) is 9.59 Å². The first-order valence-electron chi connectivity index (χ1n) is 9.67. The normalized spacial score (nSPS) is 22.1. The first-order chi connectivity index (χ1) is 12.4. The van der Waals surface area contributed by atoms with Gasteiger partial charge in [0.2, 0.25) is 5.91 Å². The van der Waals surface area contributed by atoms with Crippen molar-refractivity contribution >= 4 is 11.9 Å². The van der Waals surface area contributed by atoms with Crippen LogP contribution in [0.2, 0.25) is 0 Å². The van der Waals surface area contributed by atoms with Crippen LogP contribution < -0.4 is 10.6 Å². The van der Waals surface area contributed by atoms with Gasteiger partial charge in [0.1, 0.15) is 0 Å². The van der Waals surface area contributed by atoms with E-state index in [0.717, 1.165) is 43.5 Å². The van der Waals surface area contributed by atoms with Crippen LogP contribution in [0.4, 0.5) is 0 Å². The number of piperidine rings is 1. The maximum Gasteiger partial charge on any atom is 0.308 e. The Bertz CT molecular complexity index is 648. The topological polar surface area (TPSA) is 67.4 Å². The van der Waals surface area contributed by atoms with Gasteiger partial charge in [-0.15, -0.1) is 0 Å². The number of hydrogen-bond acceptors (Lipinski definition) is 4. The van der Waals surface area contributed by atoms with Crippen LogP contribution in [0.5, 0.6) is 0 Å². The molecule has 5 heteroatoms. The summed E-state index contributed by atoms with van der Waals surface area (Å²) in [5.74, 6) is -0.119. The fourth-order valence-corrected chi connectivity index (χ4v) is 4.00. The molecular formula is C21H30N2O3. The second kappa shape index (κ2) is 7.78. The zero-order chi connectivity index (χ0) is 18.7. The molecular weight excluding hydrogens is 328 g/mol. The second-order valence-corrected chi connectivity index (χ2v) is 8.08. The molecule has 2 aliphatic rings. The molecule has 2 atom stereocenters. The van der Waals surface area contributed by atoms with Gasteiger partial charge in [0, 0.05) is 5.92 Å². The van der Waals surface area contributed by atoms with Crippen molar-refractivity contribution in [1.29, 1.82) is 0 Å². The Labute approximate surface area is 155 Å². The van der Waals surface area contributed by atoms with Crippen LogP contribution in [-0.4, -0.2) is 31.1 Å². The van der Waals surface area contributed by atoms with Crippen molar-refractivity contribution in [3.05, 3.63) is 35.4 Å². The zero-order valence-corrected chi connectivity index (χ0v) is 16.0. The number of ether oxygens (including phenoxy) is 1. The Morgan fingerprint density at radius 3 is 2.50 bits per heavy atom. The quantitative estimate of drug-likeness (QED) is 0.768. The van der Waals surface area contributed by atoms with Gasteiger partial charge in [-0.2, -0.15) is 0 Å². The van der Waals surface area contributed by atoms with Crippen molar-refractivity contribution in [2.24, 2.45) is 11.3 Å². The Hall–Kier alpha value is -1.88. The van der Waals surface area contributed by atoms with E-state index < -0.39 is 0 Å². The number of carbonyl (C=O) groups excluding carboxylic acids is 2. The predicted molar refractivity (Wildman–Crippen MR) is 101 cm³/mol. The summed E-state index contributed by atoms with van der Waals surface area (Å²) in [6.45, 7) is 7.68. The molecule has 1 aliphatic heterocycles. The van der Waals surface area contributed by atoms with Crippen molar-refractivity contribution in [3.8, 4) is 0 Å². The molecule has 26 heavy (non-hydrogen) atoms. The highest BCUT2D eigenvalue weighted by Crippen LogP contribution is 2.58. The fraction of sp³-hybridized carbons (Fsp3) is 0.619. The molecule has 2 fully saturated rings. The molecule has 2 N–H and O–H groups in total. The van der Waals surface area contributed by atoms with Gasteiger partial charge in [0.15, 0.2) is 0 Å². The number of esters is 1. The van der Waals surface area contributed by atoms with E-state index in [4.69, 9.17) is 4.74 Å². The zero-order valence-electron chi connectivity index (χ0n) is 16.0. The van der Waals surface area contributed by atoms with Crippen LogP contribution in [0.25, 0.3) is 0 Å². The number of rotatable bonds is 6. The van der Waals surface area contributed by atoms with Crippen LogP contribution in [0.15, 0.2) is 24.3 Å². The minimum absolute atomic E-state index is 0.0785. The summed E-state index contributed by atoms with van der Waals surface area (Å²) >= 11 is 0. The lowest BCUT2D eigenvalue weighted by molar-refractivity contribution is -0.148. The van der Waals surface area contributed by atoms with E-state index in [0.29, 0.717) is 0 Å². The number of benzene rings is 1. The number of hydrogen-bond donors (Lipinski definition) is 2. The van der Waals surface area contributed by atoms with E-state index >= 15 is 0 Å². The molecule has 2 unspecified atom stereocenters. The van der Waals surface area contributed by atoms with Gasteiger partial charge in [0.05, 0.1) is 18.6 Å². The highest BCUT2D eigenvalue weighted by Gasteiger charge is 2.57. The van der Waals surface area contributed by atoms with E-state index in [-0.39, 0.29) is 41.8 Å². The molecule has 1 aliphatic carbocycles. The van der Waals surface area contributed by atoms with Crippen molar-refractivity contribution in [2.75, 3.05) is 13.1 Å². The summed E-state index contributed by atoms with van der Waals surface area (Å²) < 4.78 is 5.29. The third-order valence-corrected chi connectivity index (χ3v) is 5.64. The minimum Gasteiger partial charge on any atom is -0.463 e. The number of aryl methyl sites for hydroxylation is 1. The summed E-state index contributed by atoms with van der Waals surface area (Å²) in [7, 11) is 0. The second-order valence-electron chi connectivity index (χ2n) is 8.08. The largest absolute Gasteiger partial charge is 0.463 e. The van der Waals surface area contributed by atoms with Crippen LogP contribution in [-0.2, 0) is 14.3 Å². The van der Waals surface area contributed by atoms with E-state index in [2.05, 4.69) is 10.6 Å². The molecule has 1 heterocycles. The Balaban J connectivity index is 1.68. The molecule has 1 aromatic rings. The van der Waals surface area contributed by atoms with Gasteiger partial charge in [-0.05, 0) is 64.1 Å². The monoisotopic (exact) mass is 358 g/mol. The van der Waals surface area contributed by atoms with Gasteiger partial charge < -0.3 is 15.4 Å². The third-order valence-electron chi connectivity index (χ3n) is 5.64. The molecule has 0 bridgehead atoms. The van der Waals surface area contributed by atoms with Crippen LogP contribution in [0, 0.1) is 18.3 Å². The molecule has 0 aromatic heterocycles. The Morgan fingerprint density at radius 1 is 1.23 bits per heavy atom. The van der Waals surface area contributed by atoms with Gasteiger partial charge in [0.25, 0.3) is 0 Å². The molecule has 1 saturated heterocycles. The van der Waals surface area contributed by atoms with Crippen molar-refractivity contribution in [2.45, 2.75) is 58.6 Å². The van der Waals surface area contributed by atoms with E-state index in [1.54, 1.807) is 0 Å². The van der Waals surface area contributed by atoms with Crippen molar-refractivity contribution < 1.29 is 14.3 Å². The molecule has 5 nitrogen and oxygen atoms in total. The lowest BCUT2D eigenvalue weighted by Gasteiger charge is -2.24. The first-order valence-corrected chi connectivity index (χ1v) is 9.67. The first kappa shape index (κ1) is 18.9. The smallest absolute Gasteiger partial charge is 0.308 e. The van der Waals surface area contributed by atoms with Gasteiger partial charge >= 0.3 is 5.97 Å². The highest BCUT2D eigenvalue weighted by atomic mass is 16.5. The van der Waals surface area contributed by atoms with Crippen LogP contribution in [0.3, 0.4) is 0 Å².